The highest BCUT2D eigenvalue weighted by atomic mass is 16.3. The fourth-order valence-corrected chi connectivity index (χ4v) is 3.28. The van der Waals surface area contributed by atoms with Crippen molar-refractivity contribution in [1.29, 1.82) is 0 Å². The summed E-state index contributed by atoms with van der Waals surface area (Å²) >= 11 is 0. The summed E-state index contributed by atoms with van der Waals surface area (Å²) in [5.74, 6) is 1.17. The third-order valence-corrected chi connectivity index (χ3v) is 4.63. The largest absolute Gasteiger partial charge is 0.396 e. The molecule has 0 spiro atoms. The van der Waals surface area contributed by atoms with Gasteiger partial charge in [0.15, 0.2) is 0 Å². The van der Waals surface area contributed by atoms with Gasteiger partial charge in [-0.25, -0.2) is 4.98 Å². The number of nitrogens with two attached hydrogens (primary N) is 1. The van der Waals surface area contributed by atoms with Crippen LogP contribution in [0.25, 0.3) is 11.0 Å². The molecular weight excluding hydrogens is 298 g/mol. The molecule has 0 radical (unpaired) electrons. The second kappa shape index (κ2) is 11.2. The lowest BCUT2D eigenvalue weighted by molar-refractivity contribution is 0.279. The molecule has 0 saturated carbocycles. The van der Waals surface area contributed by atoms with Gasteiger partial charge in [0, 0.05) is 19.6 Å². The minimum atomic E-state index is 0.232. The topological polar surface area (TPSA) is 64.1 Å². The van der Waals surface area contributed by atoms with Crippen LogP contribution >= 0.6 is 0 Å². The maximum Gasteiger partial charge on any atom is 0.109 e. The molecule has 2 aromatic rings. The van der Waals surface area contributed by atoms with E-state index < -0.39 is 0 Å². The lowest BCUT2D eigenvalue weighted by Crippen LogP contribution is -2.05. The monoisotopic (exact) mass is 331 g/mol. The van der Waals surface area contributed by atoms with Crippen LogP contribution in [0.1, 0.15) is 63.6 Å². The first-order valence-corrected chi connectivity index (χ1v) is 9.62. The number of aromatic nitrogens is 2. The maximum absolute atomic E-state index is 9.14. The van der Waals surface area contributed by atoms with Crippen molar-refractivity contribution in [3.8, 4) is 0 Å². The van der Waals surface area contributed by atoms with Crippen molar-refractivity contribution in [1.82, 2.24) is 9.55 Å². The SMILES string of the molecule is NCCCCCCCCCCc1nc2ccccc2n1CCCO. The molecule has 0 bridgehead atoms. The number of aryl methyl sites for hydroxylation is 2. The molecule has 134 valence electrons. The number of hydrogen-bond acceptors (Lipinski definition) is 3. The van der Waals surface area contributed by atoms with Crippen molar-refractivity contribution in [3.63, 3.8) is 0 Å². The standard InChI is InChI=1S/C20H33N3O/c21-15-10-6-4-2-1-3-5-7-14-20-22-18-12-8-9-13-19(18)23(20)16-11-17-24/h8-9,12-13,24H,1-7,10-11,14-17,21H2. The van der Waals surface area contributed by atoms with Gasteiger partial charge in [-0.15, -0.1) is 0 Å². The van der Waals surface area contributed by atoms with E-state index in [2.05, 4.69) is 22.8 Å². The van der Waals surface area contributed by atoms with Crippen LogP contribution in [0.5, 0.6) is 0 Å². The molecule has 4 nitrogen and oxygen atoms in total. The van der Waals surface area contributed by atoms with Crippen molar-refractivity contribution < 1.29 is 5.11 Å². The van der Waals surface area contributed by atoms with E-state index in [0.717, 1.165) is 31.4 Å². The Balaban J connectivity index is 1.75. The van der Waals surface area contributed by atoms with Crippen LogP contribution in [0.2, 0.25) is 0 Å². The van der Waals surface area contributed by atoms with Gasteiger partial charge < -0.3 is 15.4 Å². The molecule has 0 unspecified atom stereocenters. The number of imidazole rings is 1. The molecule has 0 saturated heterocycles. The molecule has 0 aliphatic rings. The molecule has 1 heterocycles. The highest BCUT2D eigenvalue weighted by Gasteiger charge is 2.09. The van der Waals surface area contributed by atoms with Gasteiger partial charge >= 0.3 is 0 Å². The van der Waals surface area contributed by atoms with Crippen LogP contribution in [-0.4, -0.2) is 27.8 Å². The molecule has 0 atom stereocenters. The smallest absolute Gasteiger partial charge is 0.109 e. The average molecular weight is 332 g/mol. The quantitative estimate of drug-likeness (QED) is 0.544. The number of unbranched alkanes of at least 4 members (excludes halogenated alkanes) is 7. The minimum Gasteiger partial charge on any atom is -0.396 e. The Kier molecular flexibility index (Phi) is 8.85. The first kappa shape index (κ1) is 18.9. The molecule has 0 amide bonds. The fourth-order valence-electron chi connectivity index (χ4n) is 3.28. The van der Waals surface area contributed by atoms with E-state index in [1.807, 2.05) is 6.07 Å². The van der Waals surface area contributed by atoms with E-state index in [1.165, 1.54) is 62.7 Å². The van der Waals surface area contributed by atoms with Crippen molar-refractivity contribution in [2.45, 2.75) is 70.8 Å². The summed E-state index contributed by atoms with van der Waals surface area (Å²) in [6, 6.07) is 8.31. The molecular formula is C20H33N3O. The third-order valence-electron chi connectivity index (χ3n) is 4.63. The van der Waals surface area contributed by atoms with Crippen LogP contribution in [0, 0.1) is 0 Å². The summed E-state index contributed by atoms with van der Waals surface area (Å²) in [6.45, 7) is 1.92. The van der Waals surface area contributed by atoms with Crippen molar-refractivity contribution in [2.24, 2.45) is 5.73 Å². The molecule has 1 aromatic carbocycles. The van der Waals surface area contributed by atoms with Crippen LogP contribution in [0.15, 0.2) is 24.3 Å². The predicted octanol–water partition coefficient (Wildman–Crippen LogP) is 4.04. The predicted molar refractivity (Wildman–Crippen MR) is 101 cm³/mol. The Morgan fingerprint density at radius 2 is 1.54 bits per heavy atom. The van der Waals surface area contributed by atoms with Crippen LogP contribution in [0.4, 0.5) is 0 Å². The van der Waals surface area contributed by atoms with Gasteiger partial charge in [-0.3, -0.25) is 0 Å². The highest BCUT2D eigenvalue weighted by molar-refractivity contribution is 5.75. The Hall–Kier alpha value is -1.39. The van der Waals surface area contributed by atoms with Gasteiger partial charge in [-0.05, 0) is 37.9 Å². The molecule has 0 aliphatic carbocycles. The van der Waals surface area contributed by atoms with Crippen molar-refractivity contribution in [2.75, 3.05) is 13.2 Å². The molecule has 3 N–H and O–H groups in total. The zero-order valence-corrected chi connectivity index (χ0v) is 14.9. The second-order valence-electron chi connectivity index (χ2n) is 6.61. The van der Waals surface area contributed by atoms with Crippen LogP contribution in [0.3, 0.4) is 0 Å². The molecule has 4 heteroatoms. The summed E-state index contributed by atoms with van der Waals surface area (Å²) in [7, 11) is 0. The summed E-state index contributed by atoms with van der Waals surface area (Å²) < 4.78 is 2.29. The Morgan fingerprint density at radius 3 is 2.25 bits per heavy atom. The number of hydrogen-bond donors (Lipinski definition) is 2. The second-order valence-corrected chi connectivity index (χ2v) is 6.61. The van der Waals surface area contributed by atoms with Gasteiger partial charge in [0.1, 0.15) is 5.82 Å². The maximum atomic E-state index is 9.14. The summed E-state index contributed by atoms with van der Waals surface area (Å²) in [5.41, 5.74) is 7.78. The number of rotatable bonds is 13. The number of nitrogens with zero attached hydrogens (tertiary/aromatic N) is 2. The Labute approximate surface area is 146 Å². The van der Waals surface area contributed by atoms with Gasteiger partial charge in [0.25, 0.3) is 0 Å². The molecule has 0 aliphatic heterocycles. The highest BCUT2D eigenvalue weighted by Crippen LogP contribution is 2.19. The zero-order valence-electron chi connectivity index (χ0n) is 14.9. The molecule has 24 heavy (non-hydrogen) atoms. The van der Waals surface area contributed by atoms with Gasteiger partial charge in [-0.2, -0.15) is 0 Å². The summed E-state index contributed by atoms with van der Waals surface area (Å²) in [4.78, 5) is 4.80. The number of para-hydroxylation sites is 2. The van der Waals surface area contributed by atoms with E-state index in [-0.39, 0.29) is 6.61 Å². The number of benzene rings is 1. The van der Waals surface area contributed by atoms with E-state index in [9.17, 15) is 0 Å². The molecule has 0 fully saturated rings. The number of fused-ring (bicyclic) bond motifs is 1. The zero-order chi connectivity index (χ0) is 17.0. The molecule has 2 rings (SSSR count). The van der Waals surface area contributed by atoms with Crippen molar-refractivity contribution >= 4 is 11.0 Å². The molecule has 1 aromatic heterocycles. The van der Waals surface area contributed by atoms with Gasteiger partial charge in [-0.1, -0.05) is 50.7 Å². The van der Waals surface area contributed by atoms with E-state index in [0.29, 0.717) is 0 Å². The van der Waals surface area contributed by atoms with E-state index >= 15 is 0 Å². The van der Waals surface area contributed by atoms with Crippen molar-refractivity contribution in [3.05, 3.63) is 30.1 Å². The minimum absolute atomic E-state index is 0.232. The number of aliphatic hydroxyl groups is 1. The first-order chi connectivity index (χ1) is 11.9. The van der Waals surface area contributed by atoms with Crippen LogP contribution < -0.4 is 5.73 Å². The van der Waals surface area contributed by atoms with Gasteiger partial charge in [0.05, 0.1) is 11.0 Å². The van der Waals surface area contributed by atoms with Crippen LogP contribution in [-0.2, 0) is 13.0 Å². The van der Waals surface area contributed by atoms with Gasteiger partial charge in [0.2, 0.25) is 0 Å². The lowest BCUT2D eigenvalue weighted by Gasteiger charge is -2.08. The summed E-state index contributed by atoms with van der Waals surface area (Å²) in [6.07, 6.45) is 12.1. The summed E-state index contributed by atoms with van der Waals surface area (Å²) in [5, 5.41) is 9.14. The average Bonchev–Trinajstić information content (AvgIpc) is 2.96. The fraction of sp³-hybridized carbons (Fsp3) is 0.650. The van der Waals surface area contributed by atoms with E-state index in [1.54, 1.807) is 0 Å². The lowest BCUT2D eigenvalue weighted by atomic mass is 10.1. The third kappa shape index (κ3) is 5.91. The first-order valence-electron chi connectivity index (χ1n) is 9.62. The van der Waals surface area contributed by atoms with E-state index in [4.69, 9.17) is 15.8 Å². The Morgan fingerprint density at radius 1 is 0.875 bits per heavy atom. The number of aliphatic hydroxyl groups excluding tert-OH is 1. The normalized spacial score (nSPS) is 11.4. The Bertz CT molecular complexity index is 579.